The highest BCUT2D eigenvalue weighted by Crippen LogP contribution is 2.24. The molecule has 1 aromatic carbocycles. The fraction of sp³-hybridized carbons (Fsp3) is 0.500. The van der Waals surface area contributed by atoms with Crippen molar-refractivity contribution in [1.29, 1.82) is 0 Å². The molecule has 1 saturated heterocycles. The molecule has 0 aliphatic carbocycles. The first-order chi connectivity index (χ1) is 13.0. The zero-order chi connectivity index (χ0) is 19.2. The maximum Gasteiger partial charge on any atom is 0.320 e. The summed E-state index contributed by atoms with van der Waals surface area (Å²) < 4.78 is 0. The number of benzene rings is 1. The van der Waals surface area contributed by atoms with Crippen molar-refractivity contribution in [2.75, 3.05) is 24.6 Å². The molecule has 0 saturated carbocycles. The molecule has 0 radical (unpaired) electrons. The van der Waals surface area contributed by atoms with Crippen molar-refractivity contribution >= 4 is 34.5 Å². The van der Waals surface area contributed by atoms with Crippen LogP contribution in [0.25, 0.3) is 10.9 Å². The number of H-pyrrole nitrogens is 1. The Balaban J connectivity index is 1.40. The minimum Gasteiger partial charge on any atom is -0.480 e. The normalized spacial score (nSPS) is 18.8. The summed E-state index contributed by atoms with van der Waals surface area (Å²) in [7, 11) is 0. The van der Waals surface area contributed by atoms with Gasteiger partial charge in [-0.2, -0.15) is 11.8 Å². The Kier molecular flexibility index (Phi) is 6.79. The number of carboxylic acids is 1. The Labute approximate surface area is 163 Å². The quantitative estimate of drug-likeness (QED) is 0.572. The number of rotatable bonds is 9. The summed E-state index contributed by atoms with van der Waals surface area (Å²) in [6.07, 6.45) is 4.98. The summed E-state index contributed by atoms with van der Waals surface area (Å²) >= 11 is 1.70. The molecule has 1 fully saturated rings. The lowest BCUT2D eigenvalue weighted by atomic mass is 9.98. The first kappa shape index (κ1) is 19.8. The second kappa shape index (κ2) is 9.28. The molecule has 2 atom stereocenters. The lowest BCUT2D eigenvalue weighted by Crippen LogP contribution is -2.40. The molecule has 1 unspecified atom stereocenters. The van der Waals surface area contributed by atoms with E-state index in [2.05, 4.69) is 17.1 Å². The van der Waals surface area contributed by atoms with E-state index in [0.717, 1.165) is 43.0 Å². The number of para-hydroxylation sites is 1. The summed E-state index contributed by atoms with van der Waals surface area (Å²) in [5.74, 6) is 1.28. The fourth-order valence-corrected chi connectivity index (χ4v) is 4.70. The monoisotopic (exact) mass is 389 g/mol. The third-order valence-corrected chi connectivity index (χ3v) is 6.42. The molecule has 1 aliphatic heterocycles. The average molecular weight is 390 g/mol. The molecule has 1 aliphatic rings. The van der Waals surface area contributed by atoms with Gasteiger partial charge in [-0.15, -0.1) is 0 Å². The number of amides is 1. The topological polar surface area (TPSA) is 99.4 Å². The number of piperidine rings is 1. The molecule has 4 N–H and O–H groups in total. The summed E-state index contributed by atoms with van der Waals surface area (Å²) in [5.41, 5.74) is 7.90. The molecule has 0 bridgehead atoms. The molecule has 6 nitrogen and oxygen atoms in total. The van der Waals surface area contributed by atoms with Crippen LogP contribution in [0.15, 0.2) is 30.5 Å². The van der Waals surface area contributed by atoms with Gasteiger partial charge in [0.2, 0.25) is 5.91 Å². The van der Waals surface area contributed by atoms with Crippen LogP contribution in [0.4, 0.5) is 0 Å². The molecular formula is C20H27N3O3S. The number of aliphatic carboxylic acids is 1. The third-order valence-electron chi connectivity index (χ3n) is 5.19. The highest BCUT2D eigenvalue weighted by molar-refractivity contribution is 7.99. The van der Waals surface area contributed by atoms with Crippen LogP contribution in [0.5, 0.6) is 0 Å². The SMILES string of the molecule is N[C@@H](CCSCC1CCN(CCc2c[nH]c3ccccc23)C(=O)C1)C(=O)O. The van der Waals surface area contributed by atoms with Crippen LogP contribution in [0.2, 0.25) is 0 Å². The van der Waals surface area contributed by atoms with Crippen molar-refractivity contribution < 1.29 is 14.7 Å². The number of nitrogens with zero attached hydrogens (tertiary/aromatic N) is 1. The molecule has 27 heavy (non-hydrogen) atoms. The number of thioether (sulfide) groups is 1. The number of likely N-dealkylation sites (tertiary alicyclic amines) is 1. The van der Waals surface area contributed by atoms with Gasteiger partial charge in [0.05, 0.1) is 0 Å². The molecule has 1 amide bonds. The van der Waals surface area contributed by atoms with Crippen LogP contribution >= 0.6 is 11.8 Å². The predicted molar refractivity (Wildman–Crippen MR) is 109 cm³/mol. The van der Waals surface area contributed by atoms with Crippen LogP contribution in [-0.2, 0) is 16.0 Å². The highest BCUT2D eigenvalue weighted by atomic mass is 32.2. The van der Waals surface area contributed by atoms with Gasteiger partial charge in [-0.3, -0.25) is 9.59 Å². The van der Waals surface area contributed by atoms with Gasteiger partial charge in [-0.25, -0.2) is 0 Å². The number of hydrogen-bond donors (Lipinski definition) is 3. The Bertz CT molecular complexity index is 792. The third kappa shape index (κ3) is 5.26. The lowest BCUT2D eigenvalue weighted by molar-refractivity contribution is -0.138. The Hall–Kier alpha value is -1.99. The number of aromatic nitrogens is 1. The van der Waals surface area contributed by atoms with Gasteiger partial charge >= 0.3 is 5.97 Å². The number of nitrogens with two attached hydrogens (primary N) is 1. The van der Waals surface area contributed by atoms with Gasteiger partial charge < -0.3 is 20.7 Å². The molecule has 2 aromatic rings. The Morgan fingerprint density at radius 1 is 1.41 bits per heavy atom. The average Bonchev–Trinajstić information content (AvgIpc) is 3.07. The first-order valence-electron chi connectivity index (χ1n) is 9.43. The minimum absolute atomic E-state index is 0.230. The van der Waals surface area contributed by atoms with Crippen molar-refractivity contribution in [3.8, 4) is 0 Å². The summed E-state index contributed by atoms with van der Waals surface area (Å²) in [6, 6.07) is 7.45. The number of carbonyl (C=O) groups excluding carboxylic acids is 1. The molecule has 3 rings (SSSR count). The molecule has 146 valence electrons. The van der Waals surface area contributed by atoms with Crippen molar-refractivity contribution in [3.05, 3.63) is 36.0 Å². The van der Waals surface area contributed by atoms with Crippen LogP contribution in [0, 0.1) is 5.92 Å². The van der Waals surface area contributed by atoms with Crippen molar-refractivity contribution in [2.24, 2.45) is 11.7 Å². The fourth-order valence-electron chi connectivity index (χ4n) is 3.50. The second-order valence-corrected chi connectivity index (χ2v) is 8.31. The second-order valence-electron chi connectivity index (χ2n) is 7.16. The number of hydrogen-bond acceptors (Lipinski definition) is 4. The standard InChI is InChI=1S/C20H27N3O3S/c21-17(20(25)26)7-10-27-13-14-5-8-23(19(24)11-14)9-6-15-12-22-18-4-2-1-3-16(15)18/h1-4,12,14,17,22H,5-11,13,21H2,(H,25,26)/t14?,17-/m0/s1. The van der Waals surface area contributed by atoms with Gasteiger partial charge in [0.25, 0.3) is 0 Å². The minimum atomic E-state index is -0.950. The van der Waals surface area contributed by atoms with Crippen LogP contribution < -0.4 is 5.73 Å². The summed E-state index contributed by atoms with van der Waals surface area (Å²) in [6.45, 7) is 1.56. The van der Waals surface area contributed by atoms with Gasteiger partial charge in [-0.1, -0.05) is 18.2 Å². The highest BCUT2D eigenvalue weighted by Gasteiger charge is 2.25. The lowest BCUT2D eigenvalue weighted by Gasteiger charge is -2.31. The van der Waals surface area contributed by atoms with E-state index in [4.69, 9.17) is 10.8 Å². The largest absolute Gasteiger partial charge is 0.480 e. The maximum atomic E-state index is 12.5. The van der Waals surface area contributed by atoms with Gasteiger partial charge in [0.15, 0.2) is 0 Å². The van der Waals surface area contributed by atoms with Gasteiger partial charge in [-0.05, 0) is 48.3 Å². The predicted octanol–water partition coefficient (Wildman–Crippen LogP) is 2.48. The van der Waals surface area contributed by atoms with Crippen LogP contribution in [0.1, 0.15) is 24.8 Å². The van der Waals surface area contributed by atoms with Gasteiger partial charge in [0.1, 0.15) is 6.04 Å². The molecular weight excluding hydrogens is 362 g/mol. The molecule has 0 spiro atoms. The van der Waals surface area contributed by atoms with E-state index >= 15 is 0 Å². The summed E-state index contributed by atoms with van der Waals surface area (Å²) in [5, 5.41) is 10.0. The van der Waals surface area contributed by atoms with E-state index in [9.17, 15) is 9.59 Å². The van der Waals surface area contributed by atoms with E-state index in [0.29, 0.717) is 18.8 Å². The van der Waals surface area contributed by atoms with E-state index < -0.39 is 12.0 Å². The van der Waals surface area contributed by atoms with Crippen molar-refractivity contribution in [3.63, 3.8) is 0 Å². The first-order valence-corrected chi connectivity index (χ1v) is 10.6. The van der Waals surface area contributed by atoms with E-state index in [1.54, 1.807) is 11.8 Å². The number of fused-ring (bicyclic) bond motifs is 1. The molecule has 2 heterocycles. The van der Waals surface area contributed by atoms with Crippen molar-refractivity contribution in [2.45, 2.75) is 31.7 Å². The zero-order valence-corrected chi connectivity index (χ0v) is 16.2. The Morgan fingerprint density at radius 3 is 3.00 bits per heavy atom. The number of carbonyl (C=O) groups is 2. The summed E-state index contributed by atoms with van der Waals surface area (Å²) in [4.78, 5) is 28.4. The zero-order valence-electron chi connectivity index (χ0n) is 15.4. The van der Waals surface area contributed by atoms with Gasteiger partial charge in [0, 0.05) is 36.6 Å². The van der Waals surface area contributed by atoms with Crippen molar-refractivity contribution in [1.82, 2.24) is 9.88 Å². The van der Waals surface area contributed by atoms with E-state index in [1.165, 1.54) is 10.9 Å². The van der Waals surface area contributed by atoms with E-state index in [-0.39, 0.29) is 5.91 Å². The smallest absolute Gasteiger partial charge is 0.320 e. The molecule has 7 heteroatoms. The number of aromatic amines is 1. The maximum absolute atomic E-state index is 12.5. The Morgan fingerprint density at radius 2 is 2.22 bits per heavy atom. The number of carboxylic acid groups (broad SMARTS) is 1. The van der Waals surface area contributed by atoms with Crippen LogP contribution in [0.3, 0.4) is 0 Å². The molecule has 1 aromatic heterocycles. The van der Waals surface area contributed by atoms with Crippen LogP contribution in [-0.4, -0.2) is 57.5 Å². The van der Waals surface area contributed by atoms with E-state index in [1.807, 2.05) is 23.2 Å². The number of nitrogens with one attached hydrogen (secondary N) is 1.